The van der Waals surface area contributed by atoms with Crippen molar-refractivity contribution in [3.8, 4) is 0 Å². The Morgan fingerprint density at radius 2 is 1.47 bits per heavy atom. The van der Waals surface area contributed by atoms with E-state index in [1.165, 1.54) is 70.6 Å². The van der Waals surface area contributed by atoms with Gasteiger partial charge in [-0.05, 0) is 38.5 Å². The first-order valence-electron chi connectivity index (χ1n) is 7.66. The van der Waals surface area contributed by atoms with Gasteiger partial charge in [0, 0.05) is 6.61 Å². The van der Waals surface area contributed by atoms with Gasteiger partial charge in [-0.3, -0.25) is 0 Å². The van der Waals surface area contributed by atoms with Gasteiger partial charge in [0.05, 0.1) is 6.10 Å². The van der Waals surface area contributed by atoms with Crippen LogP contribution in [-0.2, 0) is 4.74 Å². The Hall–Kier alpha value is -0.0400. The molecule has 1 fully saturated rings. The molecule has 0 spiro atoms. The van der Waals surface area contributed by atoms with Crippen LogP contribution < -0.4 is 0 Å². The van der Waals surface area contributed by atoms with Crippen molar-refractivity contribution < 1.29 is 4.74 Å². The fourth-order valence-corrected chi connectivity index (χ4v) is 2.48. The van der Waals surface area contributed by atoms with Crippen molar-refractivity contribution in [2.75, 3.05) is 6.61 Å². The maximum atomic E-state index is 5.90. The number of unbranched alkanes of at least 4 members (excludes halogenated alkanes) is 7. The zero-order valence-corrected chi connectivity index (χ0v) is 11.5. The molecule has 1 rings (SSSR count). The van der Waals surface area contributed by atoms with Gasteiger partial charge in [0.15, 0.2) is 0 Å². The molecule has 0 aliphatic heterocycles. The zero-order chi connectivity index (χ0) is 12.2. The smallest absolute Gasteiger partial charge is 0.0575 e. The third-order valence-electron chi connectivity index (χ3n) is 3.63. The van der Waals surface area contributed by atoms with E-state index in [9.17, 15) is 0 Å². The Morgan fingerprint density at radius 3 is 2.12 bits per heavy atom. The summed E-state index contributed by atoms with van der Waals surface area (Å²) in [6, 6.07) is 0. The van der Waals surface area contributed by atoms with Crippen LogP contribution in [0.4, 0.5) is 0 Å². The monoisotopic (exact) mass is 238 g/mol. The highest BCUT2D eigenvalue weighted by molar-refractivity contribution is 4.76. The molecule has 1 nitrogen and oxygen atoms in total. The standard InChI is InChI=1S/C16H30O/c1-2-3-4-5-6-7-8-12-15-17-16-13-10-9-11-14-16/h9,16H,1-8,10-15H2. The molecular weight excluding hydrogens is 208 g/mol. The second-order valence-corrected chi connectivity index (χ2v) is 5.26. The van der Waals surface area contributed by atoms with Crippen LogP contribution in [0.25, 0.3) is 0 Å². The molecule has 0 amide bonds. The molecular formula is C16H30O. The summed E-state index contributed by atoms with van der Waals surface area (Å²) in [4.78, 5) is 0. The van der Waals surface area contributed by atoms with E-state index < -0.39 is 0 Å². The first-order valence-corrected chi connectivity index (χ1v) is 7.66. The fraction of sp³-hybridized carbons (Fsp3) is 0.875. The molecule has 2 radical (unpaired) electrons. The Labute approximate surface area is 108 Å². The van der Waals surface area contributed by atoms with Crippen LogP contribution in [-0.4, -0.2) is 12.7 Å². The maximum absolute atomic E-state index is 5.90. The highest BCUT2D eigenvalue weighted by atomic mass is 16.5. The zero-order valence-electron chi connectivity index (χ0n) is 11.5. The van der Waals surface area contributed by atoms with Crippen LogP contribution in [0, 0.1) is 13.3 Å². The Kier molecular flexibility index (Phi) is 9.78. The molecule has 0 N–H and O–H groups in total. The van der Waals surface area contributed by atoms with E-state index in [0.29, 0.717) is 6.10 Å². The summed E-state index contributed by atoms with van der Waals surface area (Å²) in [6.45, 7) is 4.86. The largest absolute Gasteiger partial charge is 0.378 e. The molecule has 0 saturated heterocycles. The summed E-state index contributed by atoms with van der Waals surface area (Å²) in [5, 5.41) is 0. The molecule has 0 aromatic rings. The molecule has 1 saturated carbocycles. The van der Waals surface area contributed by atoms with E-state index in [1.807, 2.05) is 0 Å². The van der Waals surface area contributed by atoms with Crippen molar-refractivity contribution in [2.45, 2.75) is 83.2 Å². The molecule has 0 atom stereocenters. The van der Waals surface area contributed by atoms with E-state index in [2.05, 4.69) is 13.3 Å². The molecule has 0 bridgehead atoms. The predicted octanol–water partition coefficient (Wildman–Crippen LogP) is 5.10. The lowest BCUT2D eigenvalue weighted by atomic mass is 9.98. The van der Waals surface area contributed by atoms with Gasteiger partial charge in [-0.25, -0.2) is 0 Å². The van der Waals surface area contributed by atoms with Crippen molar-refractivity contribution in [1.29, 1.82) is 0 Å². The molecule has 17 heavy (non-hydrogen) atoms. The lowest BCUT2D eigenvalue weighted by Gasteiger charge is -2.21. The Balaban J connectivity index is 1.75. The van der Waals surface area contributed by atoms with Crippen molar-refractivity contribution in [3.05, 3.63) is 13.3 Å². The second-order valence-electron chi connectivity index (χ2n) is 5.26. The van der Waals surface area contributed by atoms with Crippen molar-refractivity contribution in [2.24, 2.45) is 0 Å². The normalized spacial score (nSPS) is 17.5. The summed E-state index contributed by atoms with van der Waals surface area (Å²) in [6.07, 6.45) is 18.6. The maximum Gasteiger partial charge on any atom is 0.0575 e. The summed E-state index contributed by atoms with van der Waals surface area (Å²) >= 11 is 0. The van der Waals surface area contributed by atoms with E-state index in [0.717, 1.165) is 13.0 Å². The van der Waals surface area contributed by atoms with Gasteiger partial charge in [-0.2, -0.15) is 0 Å². The van der Waals surface area contributed by atoms with Gasteiger partial charge >= 0.3 is 0 Å². The molecule has 100 valence electrons. The van der Waals surface area contributed by atoms with Crippen LogP contribution in [0.1, 0.15) is 77.0 Å². The van der Waals surface area contributed by atoms with Gasteiger partial charge in [-0.15, -0.1) is 0 Å². The second kappa shape index (κ2) is 11.1. The Morgan fingerprint density at radius 1 is 0.882 bits per heavy atom. The summed E-state index contributed by atoms with van der Waals surface area (Å²) < 4.78 is 5.90. The first kappa shape index (κ1) is 15.0. The van der Waals surface area contributed by atoms with Crippen LogP contribution >= 0.6 is 0 Å². The van der Waals surface area contributed by atoms with Crippen molar-refractivity contribution >= 4 is 0 Å². The SMILES string of the molecule is [CH2]CCCCCCCCCOC1CC[CH]CC1. The molecule has 1 aliphatic rings. The van der Waals surface area contributed by atoms with Crippen LogP contribution in [0.3, 0.4) is 0 Å². The van der Waals surface area contributed by atoms with E-state index >= 15 is 0 Å². The minimum atomic E-state index is 0.567. The molecule has 1 aliphatic carbocycles. The first-order chi connectivity index (χ1) is 8.43. The van der Waals surface area contributed by atoms with E-state index in [4.69, 9.17) is 4.74 Å². The quantitative estimate of drug-likeness (QED) is 0.481. The van der Waals surface area contributed by atoms with Crippen LogP contribution in [0.5, 0.6) is 0 Å². The summed E-state index contributed by atoms with van der Waals surface area (Å²) in [5.74, 6) is 0. The van der Waals surface area contributed by atoms with Crippen LogP contribution in [0.2, 0.25) is 0 Å². The van der Waals surface area contributed by atoms with Crippen molar-refractivity contribution in [3.63, 3.8) is 0 Å². The predicted molar refractivity (Wildman–Crippen MR) is 74.8 cm³/mol. The third-order valence-corrected chi connectivity index (χ3v) is 3.63. The molecule has 1 heteroatoms. The van der Waals surface area contributed by atoms with Gasteiger partial charge in [0.25, 0.3) is 0 Å². The van der Waals surface area contributed by atoms with E-state index in [-0.39, 0.29) is 0 Å². The molecule has 0 aromatic carbocycles. The highest BCUT2D eigenvalue weighted by Crippen LogP contribution is 2.19. The average molecular weight is 238 g/mol. The minimum absolute atomic E-state index is 0.567. The number of hydrogen-bond acceptors (Lipinski definition) is 1. The molecule has 0 aromatic heterocycles. The summed E-state index contributed by atoms with van der Waals surface area (Å²) in [7, 11) is 0. The topological polar surface area (TPSA) is 9.23 Å². The van der Waals surface area contributed by atoms with E-state index in [1.54, 1.807) is 0 Å². The lowest BCUT2D eigenvalue weighted by molar-refractivity contribution is 0.0326. The van der Waals surface area contributed by atoms with Gasteiger partial charge in [0.2, 0.25) is 0 Å². The highest BCUT2D eigenvalue weighted by Gasteiger charge is 2.12. The number of ether oxygens (including phenoxy) is 1. The Bertz CT molecular complexity index is 150. The van der Waals surface area contributed by atoms with Gasteiger partial charge in [-0.1, -0.05) is 51.9 Å². The third kappa shape index (κ3) is 8.65. The number of rotatable bonds is 10. The average Bonchev–Trinajstić information content (AvgIpc) is 2.38. The lowest BCUT2D eigenvalue weighted by Crippen LogP contribution is -2.17. The summed E-state index contributed by atoms with van der Waals surface area (Å²) in [5.41, 5.74) is 0. The minimum Gasteiger partial charge on any atom is -0.378 e. The van der Waals surface area contributed by atoms with Gasteiger partial charge in [0.1, 0.15) is 0 Å². The fourth-order valence-electron chi connectivity index (χ4n) is 2.48. The van der Waals surface area contributed by atoms with Crippen molar-refractivity contribution in [1.82, 2.24) is 0 Å². The van der Waals surface area contributed by atoms with Crippen LogP contribution in [0.15, 0.2) is 0 Å². The van der Waals surface area contributed by atoms with Gasteiger partial charge < -0.3 is 4.74 Å². The number of hydrogen-bond donors (Lipinski definition) is 0. The molecule has 0 heterocycles. The molecule has 0 unspecified atom stereocenters.